The Morgan fingerprint density at radius 2 is 2.05 bits per heavy atom. The molecule has 0 saturated heterocycles. The molecule has 0 fully saturated rings. The molecule has 1 heterocycles. The Labute approximate surface area is 125 Å². The number of benzene rings is 2. The molecule has 0 unspecified atom stereocenters. The van der Waals surface area contributed by atoms with E-state index < -0.39 is 11.8 Å². The number of hydrogen-bond donors (Lipinski definition) is 0. The average molecular weight is 309 g/mol. The first-order valence-electron chi connectivity index (χ1n) is 6.17. The molecule has 1 aliphatic rings. The highest BCUT2D eigenvalue weighted by Crippen LogP contribution is 2.35. The summed E-state index contributed by atoms with van der Waals surface area (Å²) in [5.74, 6) is 0.249. The van der Waals surface area contributed by atoms with Crippen LogP contribution in [0.25, 0.3) is 0 Å². The molecule has 1 aliphatic heterocycles. The van der Waals surface area contributed by atoms with Crippen LogP contribution in [0.15, 0.2) is 36.4 Å². The number of halogens is 2. The quantitative estimate of drug-likeness (QED) is 0.644. The molecule has 21 heavy (non-hydrogen) atoms. The summed E-state index contributed by atoms with van der Waals surface area (Å²) in [6.45, 7) is 0.136. The molecular weight excluding hydrogens is 299 g/mol. The van der Waals surface area contributed by atoms with Crippen molar-refractivity contribution in [1.82, 2.24) is 0 Å². The Bertz CT molecular complexity index is 682. The van der Waals surface area contributed by atoms with Crippen LogP contribution >= 0.6 is 11.6 Å². The lowest BCUT2D eigenvalue weighted by Crippen LogP contribution is -2.12. The molecule has 0 aromatic heterocycles. The van der Waals surface area contributed by atoms with Crippen LogP contribution < -0.4 is 14.2 Å². The van der Waals surface area contributed by atoms with Crippen LogP contribution in [0.3, 0.4) is 0 Å². The molecule has 108 valence electrons. The number of fused-ring (bicyclic) bond motifs is 1. The van der Waals surface area contributed by atoms with Crippen molar-refractivity contribution < 1.29 is 23.4 Å². The van der Waals surface area contributed by atoms with Crippen molar-refractivity contribution in [3.63, 3.8) is 0 Å². The van der Waals surface area contributed by atoms with E-state index in [-0.39, 0.29) is 23.8 Å². The van der Waals surface area contributed by atoms with E-state index >= 15 is 0 Å². The van der Waals surface area contributed by atoms with E-state index in [4.69, 9.17) is 25.8 Å². The molecule has 0 amide bonds. The van der Waals surface area contributed by atoms with Gasteiger partial charge in [0, 0.05) is 16.7 Å². The lowest BCUT2D eigenvalue weighted by Gasteiger charge is -2.07. The number of carbonyl (C=O) groups excluding carboxylic acids is 1. The van der Waals surface area contributed by atoms with Gasteiger partial charge < -0.3 is 14.2 Å². The summed E-state index contributed by atoms with van der Waals surface area (Å²) < 4.78 is 29.1. The van der Waals surface area contributed by atoms with Crippen LogP contribution in [0.2, 0.25) is 5.02 Å². The van der Waals surface area contributed by atoms with E-state index in [0.29, 0.717) is 17.2 Å². The number of ether oxygens (including phenoxy) is 3. The van der Waals surface area contributed by atoms with Crippen LogP contribution in [0.1, 0.15) is 5.56 Å². The topological polar surface area (TPSA) is 44.8 Å². The maximum Gasteiger partial charge on any atom is 0.315 e. The van der Waals surface area contributed by atoms with E-state index in [9.17, 15) is 9.18 Å². The Kier molecular flexibility index (Phi) is 3.66. The molecule has 6 heteroatoms. The Balaban J connectivity index is 1.72. The molecule has 0 aliphatic carbocycles. The van der Waals surface area contributed by atoms with E-state index in [1.54, 1.807) is 18.2 Å². The first-order valence-corrected chi connectivity index (χ1v) is 6.54. The minimum absolute atomic E-state index is 0.116. The fourth-order valence-corrected chi connectivity index (χ4v) is 2.18. The predicted molar refractivity (Wildman–Crippen MR) is 73.3 cm³/mol. The van der Waals surface area contributed by atoms with Crippen molar-refractivity contribution in [3.05, 3.63) is 52.8 Å². The fourth-order valence-electron chi connectivity index (χ4n) is 1.95. The Morgan fingerprint density at radius 1 is 1.24 bits per heavy atom. The van der Waals surface area contributed by atoms with Gasteiger partial charge in [-0.25, -0.2) is 4.39 Å². The van der Waals surface area contributed by atoms with Crippen molar-refractivity contribution in [3.8, 4) is 17.2 Å². The van der Waals surface area contributed by atoms with Crippen LogP contribution in [-0.2, 0) is 11.2 Å². The maximum atomic E-state index is 13.6. The summed E-state index contributed by atoms with van der Waals surface area (Å²) in [7, 11) is 0. The standard InChI is InChI=1S/C15H10ClFO4/c16-11-2-1-3-12(17)10(11)7-15(18)21-9-4-5-13-14(6-9)20-8-19-13/h1-6H,7-8H2. The van der Waals surface area contributed by atoms with Gasteiger partial charge in [0.05, 0.1) is 6.42 Å². The van der Waals surface area contributed by atoms with Gasteiger partial charge in [-0.05, 0) is 24.3 Å². The highest BCUT2D eigenvalue weighted by molar-refractivity contribution is 6.31. The third kappa shape index (κ3) is 2.92. The van der Waals surface area contributed by atoms with Gasteiger partial charge in [-0.15, -0.1) is 0 Å². The molecule has 0 bridgehead atoms. The van der Waals surface area contributed by atoms with Crippen LogP contribution in [0, 0.1) is 5.82 Å². The van der Waals surface area contributed by atoms with E-state index in [1.807, 2.05) is 0 Å². The third-order valence-corrected chi connectivity index (χ3v) is 3.31. The zero-order chi connectivity index (χ0) is 14.8. The molecule has 0 atom stereocenters. The van der Waals surface area contributed by atoms with Crippen molar-refractivity contribution in [2.45, 2.75) is 6.42 Å². The summed E-state index contributed by atoms with van der Waals surface area (Å²) >= 11 is 5.87. The lowest BCUT2D eigenvalue weighted by atomic mass is 10.1. The summed E-state index contributed by atoms with van der Waals surface area (Å²) in [6.07, 6.45) is -0.250. The minimum atomic E-state index is -0.610. The van der Waals surface area contributed by atoms with Crippen LogP contribution in [0.5, 0.6) is 17.2 Å². The smallest absolute Gasteiger partial charge is 0.315 e. The molecule has 0 N–H and O–H groups in total. The number of rotatable bonds is 3. The molecule has 2 aromatic carbocycles. The number of hydrogen-bond acceptors (Lipinski definition) is 4. The average Bonchev–Trinajstić information content (AvgIpc) is 2.90. The maximum absolute atomic E-state index is 13.6. The zero-order valence-electron chi connectivity index (χ0n) is 10.8. The van der Waals surface area contributed by atoms with Gasteiger partial charge in [0.25, 0.3) is 0 Å². The summed E-state index contributed by atoms with van der Waals surface area (Å²) in [5, 5.41) is 0.192. The first-order chi connectivity index (χ1) is 10.1. The minimum Gasteiger partial charge on any atom is -0.454 e. The SMILES string of the molecule is O=C(Cc1c(F)cccc1Cl)Oc1ccc2c(c1)OCO2. The van der Waals surface area contributed by atoms with Gasteiger partial charge in [0.2, 0.25) is 6.79 Å². The van der Waals surface area contributed by atoms with E-state index in [2.05, 4.69) is 0 Å². The van der Waals surface area contributed by atoms with Gasteiger partial charge in [-0.3, -0.25) is 4.79 Å². The van der Waals surface area contributed by atoms with Crippen molar-refractivity contribution >= 4 is 17.6 Å². The summed E-state index contributed by atoms with van der Waals surface area (Å²) in [5.41, 5.74) is 0.116. The second-order valence-electron chi connectivity index (χ2n) is 4.37. The van der Waals surface area contributed by atoms with Crippen molar-refractivity contribution in [2.75, 3.05) is 6.79 Å². The molecule has 0 radical (unpaired) electrons. The van der Waals surface area contributed by atoms with Gasteiger partial charge >= 0.3 is 5.97 Å². The third-order valence-electron chi connectivity index (χ3n) is 2.96. The molecular formula is C15H10ClFO4. The lowest BCUT2D eigenvalue weighted by molar-refractivity contribution is -0.133. The van der Waals surface area contributed by atoms with E-state index in [1.165, 1.54) is 18.2 Å². The Morgan fingerprint density at radius 3 is 2.86 bits per heavy atom. The van der Waals surface area contributed by atoms with Gasteiger partial charge in [0.15, 0.2) is 11.5 Å². The number of carbonyl (C=O) groups is 1. The second kappa shape index (κ2) is 5.61. The predicted octanol–water partition coefficient (Wildman–Crippen LogP) is 3.36. The summed E-state index contributed by atoms with van der Waals surface area (Å²) in [4.78, 5) is 11.9. The summed E-state index contributed by atoms with van der Waals surface area (Å²) in [6, 6.07) is 9.01. The normalized spacial score (nSPS) is 12.3. The highest BCUT2D eigenvalue weighted by atomic mass is 35.5. The zero-order valence-corrected chi connectivity index (χ0v) is 11.5. The molecule has 0 saturated carbocycles. The molecule has 0 spiro atoms. The highest BCUT2D eigenvalue weighted by Gasteiger charge is 2.17. The van der Waals surface area contributed by atoms with Crippen LogP contribution in [0.4, 0.5) is 4.39 Å². The molecule has 4 nitrogen and oxygen atoms in total. The Hall–Kier alpha value is -2.27. The van der Waals surface area contributed by atoms with Crippen molar-refractivity contribution in [2.24, 2.45) is 0 Å². The first kappa shape index (κ1) is 13.7. The van der Waals surface area contributed by atoms with Crippen LogP contribution in [-0.4, -0.2) is 12.8 Å². The van der Waals surface area contributed by atoms with E-state index in [0.717, 1.165) is 0 Å². The fraction of sp³-hybridized carbons (Fsp3) is 0.133. The van der Waals surface area contributed by atoms with Gasteiger partial charge in [-0.1, -0.05) is 17.7 Å². The monoisotopic (exact) mass is 308 g/mol. The largest absolute Gasteiger partial charge is 0.454 e. The molecule has 2 aromatic rings. The second-order valence-corrected chi connectivity index (χ2v) is 4.77. The molecule has 3 rings (SSSR count). The van der Waals surface area contributed by atoms with Gasteiger partial charge in [-0.2, -0.15) is 0 Å². The van der Waals surface area contributed by atoms with Gasteiger partial charge in [0.1, 0.15) is 11.6 Å². The number of esters is 1. The van der Waals surface area contributed by atoms with Crippen molar-refractivity contribution in [1.29, 1.82) is 0 Å².